The number of pyridine rings is 1. The van der Waals surface area contributed by atoms with Gasteiger partial charge in [-0.25, -0.2) is 9.78 Å². The number of aromatic nitrogens is 5. The van der Waals surface area contributed by atoms with Crippen molar-refractivity contribution in [3.05, 3.63) is 48.9 Å². The lowest BCUT2D eigenvalue weighted by atomic mass is 10.2. The van der Waals surface area contributed by atoms with Crippen LogP contribution in [0.25, 0.3) is 5.65 Å². The molecule has 24 heavy (non-hydrogen) atoms. The molecule has 1 N–H and O–H groups in total. The molecule has 3 aromatic rings. The molecule has 1 aliphatic heterocycles. The monoisotopic (exact) mass is 325 g/mol. The number of imidazole rings is 1. The van der Waals surface area contributed by atoms with E-state index in [2.05, 4.69) is 20.5 Å². The maximum atomic E-state index is 12.5. The van der Waals surface area contributed by atoms with E-state index in [1.807, 2.05) is 44.5 Å². The van der Waals surface area contributed by atoms with Gasteiger partial charge in [-0.1, -0.05) is 6.07 Å². The molecule has 1 atom stereocenters. The van der Waals surface area contributed by atoms with Crippen molar-refractivity contribution in [2.24, 2.45) is 0 Å². The summed E-state index contributed by atoms with van der Waals surface area (Å²) in [6, 6.07) is 5.88. The second kappa shape index (κ2) is 6.31. The molecule has 4 rings (SSSR count). The predicted octanol–water partition coefficient (Wildman–Crippen LogP) is 1.30. The molecule has 0 saturated carbocycles. The van der Waals surface area contributed by atoms with Crippen LogP contribution in [0.4, 0.5) is 4.79 Å². The van der Waals surface area contributed by atoms with Crippen molar-refractivity contribution < 1.29 is 4.79 Å². The van der Waals surface area contributed by atoms with Crippen LogP contribution in [0.1, 0.15) is 18.7 Å². The molecule has 4 heterocycles. The summed E-state index contributed by atoms with van der Waals surface area (Å²) in [5, 5.41) is 11.2. The van der Waals surface area contributed by atoms with Gasteiger partial charge >= 0.3 is 6.03 Å². The summed E-state index contributed by atoms with van der Waals surface area (Å²) >= 11 is 0. The molecule has 1 saturated heterocycles. The second-order valence-corrected chi connectivity index (χ2v) is 5.95. The molecule has 8 nitrogen and oxygen atoms in total. The first-order valence-corrected chi connectivity index (χ1v) is 8.10. The number of nitrogens with zero attached hydrogens (tertiary/aromatic N) is 6. The number of likely N-dealkylation sites (tertiary alicyclic amines) is 1. The molecular formula is C16H19N7O. The van der Waals surface area contributed by atoms with E-state index < -0.39 is 0 Å². The summed E-state index contributed by atoms with van der Waals surface area (Å²) in [6.07, 6.45) is 9.41. The summed E-state index contributed by atoms with van der Waals surface area (Å²) in [6.45, 7) is 1.92. The Kier molecular flexibility index (Phi) is 3.86. The molecule has 0 aromatic carbocycles. The zero-order valence-electron chi connectivity index (χ0n) is 13.2. The summed E-state index contributed by atoms with van der Waals surface area (Å²) in [4.78, 5) is 18.5. The number of hydrogen-bond acceptors (Lipinski definition) is 4. The van der Waals surface area contributed by atoms with Gasteiger partial charge in [0.2, 0.25) is 0 Å². The van der Waals surface area contributed by atoms with Crippen LogP contribution in [-0.4, -0.2) is 47.7 Å². The summed E-state index contributed by atoms with van der Waals surface area (Å²) in [5.41, 5.74) is 0.779. The lowest BCUT2D eigenvalue weighted by Crippen LogP contribution is -2.44. The molecule has 1 unspecified atom stereocenters. The first-order chi connectivity index (χ1) is 11.8. The van der Waals surface area contributed by atoms with E-state index in [4.69, 9.17) is 0 Å². The molecule has 2 amide bonds. The van der Waals surface area contributed by atoms with Gasteiger partial charge in [-0.15, -0.1) is 10.2 Å². The fourth-order valence-electron chi connectivity index (χ4n) is 3.20. The summed E-state index contributed by atoms with van der Waals surface area (Å²) in [5.74, 6) is 0.726. The topological polar surface area (TPSA) is 80.4 Å². The molecule has 3 aromatic heterocycles. The van der Waals surface area contributed by atoms with Crippen molar-refractivity contribution in [1.29, 1.82) is 0 Å². The Morgan fingerprint density at radius 2 is 2.25 bits per heavy atom. The van der Waals surface area contributed by atoms with Crippen LogP contribution in [0.2, 0.25) is 0 Å². The van der Waals surface area contributed by atoms with Crippen molar-refractivity contribution in [2.75, 3.05) is 6.54 Å². The quantitative estimate of drug-likeness (QED) is 0.784. The van der Waals surface area contributed by atoms with E-state index in [-0.39, 0.29) is 12.1 Å². The second-order valence-electron chi connectivity index (χ2n) is 5.95. The van der Waals surface area contributed by atoms with E-state index >= 15 is 0 Å². The molecule has 0 radical (unpaired) electrons. The van der Waals surface area contributed by atoms with Crippen LogP contribution in [-0.2, 0) is 13.1 Å². The number of rotatable bonds is 4. The normalized spacial score (nSPS) is 17.5. The van der Waals surface area contributed by atoms with Crippen LogP contribution in [0.15, 0.2) is 43.1 Å². The van der Waals surface area contributed by atoms with Crippen LogP contribution >= 0.6 is 0 Å². The average Bonchev–Trinajstić information content (AvgIpc) is 3.34. The van der Waals surface area contributed by atoms with Crippen molar-refractivity contribution in [3.8, 4) is 0 Å². The van der Waals surface area contributed by atoms with Gasteiger partial charge < -0.3 is 14.8 Å². The van der Waals surface area contributed by atoms with Crippen LogP contribution in [0.3, 0.4) is 0 Å². The van der Waals surface area contributed by atoms with E-state index in [1.165, 1.54) is 0 Å². The Bertz CT molecular complexity index is 826. The number of nitrogens with one attached hydrogen (secondary N) is 1. The third-order valence-electron chi connectivity index (χ3n) is 4.40. The number of hydrogen-bond donors (Lipinski definition) is 1. The molecule has 124 valence electrons. The fraction of sp³-hybridized carbons (Fsp3) is 0.375. The lowest BCUT2D eigenvalue weighted by Gasteiger charge is -2.25. The van der Waals surface area contributed by atoms with Gasteiger partial charge in [0.15, 0.2) is 11.5 Å². The van der Waals surface area contributed by atoms with Crippen molar-refractivity contribution in [3.63, 3.8) is 0 Å². The highest BCUT2D eigenvalue weighted by atomic mass is 16.2. The zero-order chi connectivity index (χ0) is 16.4. The number of urea groups is 1. The van der Waals surface area contributed by atoms with Gasteiger partial charge in [0, 0.05) is 31.7 Å². The predicted molar refractivity (Wildman–Crippen MR) is 87.2 cm³/mol. The highest BCUT2D eigenvalue weighted by Crippen LogP contribution is 2.19. The molecule has 8 heteroatoms. The van der Waals surface area contributed by atoms with Gasteiger partial charge in [0.05, 0.1) is 18.9 Å². The maximum absolute atomic E-state index is 12.5. The van der Waals surface area contributed by atoms with Gasteiger partial charge in [0.1, 0.15) is 0 Å². The third-order valence-corrected chi connectivity index (χ3v) is 4.40. The first kappa shape index (κ1) is 14.7. The molecule has 1 fully saturated rings. The molecule has 1 aliphatic rings. The van der Waals surface area contributed by atoms with E-state index in [0.29, 0.717) is 6.54 Å². The molecule has 0 spiro atoms. The largest absolute Gasteiger partial charge is 0.335 e. The SMILES string of the molecule is O=C(NCc1nnc2ccccn12)N1CCCC1Cn1ccnc1. The van der Waals surface area contributed by atoms with Crippen LogP contribution in [0, 0.1) is 0 Å². The Labute approximate surface area is 139 Å². The fourth-order valence-corrected chi connectivity index (χ4v) is 3.20. The maximum Gasteiger partial charge on any atom is 0.318 e. The van der Waals surface area contributed by atoms with Crippen molar-refractivity contribution in [1.82, 2.24) is 34.4 Å². The van der Waals surface area contributed by atoms with Gasteiger partial charge in [-0.3, -0.25) is 4.40 Å². The smallest absolute Gasteiger partial charge is 0.318 e. The number of amides is 2. The highest BCUT2D eigenvalue weighted by molar-refractivity contribution is 5.74. The van der Waals surface area contributed by atoms with Crippen LogP contribution in [0.5, 0.6) is 0 Å². The summed E-state index contributed by atoms with van der Waals surface area (Å²) < 4.78 is 3.90. The first-order valence-electron chi connectivity index (χ1n) is 8.10. The Balaban J connectivity index is 1.40. The standard InChI is InChI=1S/C16H19N7O/c24-16(18-10-15-20-19-14-5-1-2-7-23(14)15)22-8-3-4-13(22)11-21-9-6-17-12-21/h1-2,5-7,9,12-13H,3-4,8,10-11H2,(H,18,24). The molecule has 0 bridgehead atoms. The minimum absolute atomic E-state index is 0.0507. The number of fused-ring (bicyclic) bond motifs is 1. The zero-order valence-corrected chi connectivity index (χ0v) is 13.2. The van der Waals surface area contributed by atoms with Crippen LogP contribution < -0.4 is 5.32 Å². The van der Waals surface area contributed by atoms with Gasteiger partial charge in [-0.2, -0.15) is 0 Å². The average molecular weight is 325 g/mol. The minimum atomic E-state index is -0.0507. The highest BCUT2D eigenvalue weighted by Gasteiger charge is 2.28. The third kappa shape index (κ3) is 2.82. The molecular weight excluding hydrogens is 306 g/mol. The summed E-state index contributed by atoms with van der Waals surface area (Å²) in [7, 11) is 0. The number of carbonyl (C=O) groups is 1. The van der Waals surface area contributed by atoms with E-state index in [0.717, 1.165) is 37.4 Å². The van der Waals surface area contributed by atoms with Crippen molar-refractivity contribution in [2.45, 2.75) is 32.0 Å². The van der Waals surface area contributed by atoms with E-state index in [9.17, 15) is 4.79 Å². The van der Waals surface area contributed by atoms with Gasteiger partial charge in [0.25, 0.3) is 0 Å². The van der Waals surface area contributed by atoms with Gasteiger partial charge in [-0.05, 0) is 25.0 Å². The Hall–Kier alpha value is -2.90. The number of carbonyl (C=O) groups excluding carboxylic acids is 1. The molecule has 0 aliphatic carbocycles. The van der Waals surface area contributed by atoms with Crippen molar-refractivity contribution >= 4 is 11.7 Å². The Morgan fingerprint density at radius 1 is 1.29 bits per heavy atom. The van der Waals surface area contributed by atoms with E-state index in [1.54, 1.807) is 12.5 Å². The minimum Gasteiger partial charge on any atom is -0.335 e. The lowest BCUT2D eigenvalue weighted by molar-refractivity contribution is 0.186. The Morgan fingerprint density at radius 3 is 3.12 bits per heavy atom.